The van der Waals surface area contributed by atoms with E-state index in [2.05, 4.69) is 9.98 Å². The molecule has 4 rings (SSSR count). The van der Waals surface area contributed by atoms with Crippen molar-refractivity contribution in [1.29, 1.82) is 0 Å². The summed E-state index contributed by atoms with van der Waals surface area (Å²) >= 11 is 5.72. The van der Waals surface area contributed by atoms with Gasteiger partial charge in [-0.05, 0) is 36.2 Å². The van der Waals surface area contributed by atoms with E-state index < -0.39 is 57.0 Å². The van der Waals surface area contributed by atoms with Crippen LogP contribution in [0.2, 0.25) is 5.02 Å². The number of benzene rings is 1. The number of halogens is 4. The average Bonchev–Trinajstić information content (AvgIpc) is 3.42. The molecule has 6 nitrogen and oxygen atoms in total. The third-order valence-corrected chi connectivity index (χ3v) is 6.85. The quantitative estimate of drug-likeness (QED) is 0.763. The zero-order valence-corrected chi connectivity index (χ0v) is 16.3. The van der Waals surface area contributed by atoms with E-state index in [1.807, 2.05) is 0 Å². The lowest BCUT2D eigenvalue weighted by atomic mass is 9.84. The average molecular weight is 446 g/mol. The Labute approximate surface area is 169 Å². The van der Waals surface area contributed by atoms with E-state index in [0.717, 1.165) is 12.1 Å². The van der Waals surface area contributed by atoms with Gasteiger partial charge in [0, 0.05) is 17.7 Å². The maximum atomic E-state index is 14.6. The molecular weight excluding hydrogens is 431 g/mol. The summed E-state index contributed by atoms with van der Waals surface area (Å²) in [5, 5.41) is 0.0350. The number of sulfone groups is 1. The molecule has 2 heterocycles. The summed E-state index contributed by atoms with van der Waals surface area (Å²) in [7, 11) is -3.91. The molecule has 1 saturated carbocycles. The molecule has 1 aliphatic carbocycles. The molecule has 0 amide bonds. The summed E-state index contributed by atoms with van der Waals surface area (Å²) in [5.41, 5.74) is 3.05. The van der Waals surface area contributed by atoms with Gasteiger partial charge in [0.15, 0.2) is 20.4 Å². The number of amidine groups is 1. The Hall–Kier alpha value is -2.33. The van der Waals surface area contributed by atoms with Crippen LogP contribution in [0.5, 0.6) is 0 Å². The molecule has 3 atom stereocenters. The molecule has 154 valence electrons. The zero-order valence-electron chi connectivity index (χ0n) is 14.7. The highest BCUT2D eigenvalue weighted by Gasteiger charge is 2.64. The highest BCUT2D eigenvalue weighted by molar-refractivity contribution is 7.90. The van der Waals surface area contributed by atoms with Gasteiger partial charge in [-0.1, -0.05) is 17.7 Å². The van der Waals surface area contributed by atoms with Crippen molar-refractivity contribution < 1.29 is 26.3 Å². The first-order chi connectivity index (χ1) is 13.6. The summed E-state index contributed by atoms with van der Waals surface area (Å²) in [6, 6.07) is 5.45. The van der Waals surface area contributed by atoms with Crippen molar-refractivity contribution in [2.45, 2.75) is 35.3 Å². The molecule has 1 aromatic carbocycles. The molecule has 1 aromatic heterocycles. The number of aliphatic imine (C=N–C) groups is 1. The van der Waals surface area contributed by atoms with Crippen molar-refractivity contribution in [3.05, 3.63) is 58.5 Å². The molecule has 0 radical (unpaired) electrons. The number of ether oxygens (including phenoxy) is 1. The lowest BCUT2D eigenvalue weighted by Gasteiger charge is -2.33. The minimum absolute atomic E-state index is 0.121. The van der Waals surface area contributed by atoms with Gasteiger partial charge in [0.05, 0.1) is 10.8 Å². The number of nitrogens with zero attached hydrogens (tertiary/aromatic N) is 2. The fourth-order valence-corrected chi connectivity index (χ4v) is 4.98. The number of fused-ring (bicyclic) bond motifs is 1. The topological polar surface area (TPSA) is 94.6 Å². The molecule has 0 bridgehead atoms. The molecule has 0 saturated heterocycles. The number of alkyl halides is 2. The molecule has 1 fully saturated rings. The lowest BCUT2D eigenvalue weighted by molar-refractivity contribution is 0.0176. The SMILES string of the molecule is NC1=N[C@@](c2cc(CS(=O)(=O)c3ccc(Cl)cn3)ccc2F)(C(F)F)[C@H]2C[C@H]2O1. The van der Waals surface area contributed by atoms with Crippen LogP contribution in [-0.2, 0) is 25.9 Å². The molecule has 1 aliphatic heterocycles. The van der Waals surface area contributed by atoms with Gasteiger partial charge in [-0.25, -0.2) is 31.6 Å². The smallest absolute Gasteiger partial charge is 0.283 e. The zero-order chi connectivity index (χ0) is 21.0. The summed E-state index contributed by atoms with van der Waals surface area (Å²) in [5.74, 6) is -2.22. The van der Waals surface area contributed by atoms with Gasteiger partial charge in [0.2, 0.25) is 0 Å². The lowest BCUT2D eigenvalue weighted by Crippen LogP contribution is -2.43. The van der Waals surface area contributed by atoms with Crippen LogP contribution in [0, 0.1) is 11.7 Å². The van der Waals surface area contributed by atoms with Crippen molar-refractivity contribution >= 4 is 27.5 Å². The van der Waals surface area contributed by atoms with Gasteiger partial charge in [0.25, 0.3) is 12.4 Å². The predicted molar refractivity (Wildman–Crippen MR) is 98.8 cm³/mol. The molecule has 2 aliphatic rings. The van der Waals surface area contributed by atoms with Gasteiger partial charge in [-0.15, -0.1) is 0 Å². The van der Waals surface area contributed by atoms with Gasteiger partial charge in [-0.2, -0.15) is 0 Å². The van der Waals surface area contributed by atoms with Crippen molar-refractivity contribution in [3.63, 3.8) is 0 Å². The van der Waals surface area contributed by atoms with Crippen LogP contribution in [0.25, 0.3) is 0 Å². The third kappa shape index (κ3) is 3.44. The fourth-order valence-electron chi connectivity index (χ4n) is 3.61. The molecule has 11 heteroatoms. The number of aromatic nitrogens is 1. The standard InChI is InChI=1S/C18H15ClF3N3O3S/c19-10-2-4-15(24-7-10)29(26,27)8-9-1-3-13(20)11(5-9)18(16(21)22)12-6-14(12)28-17(23)25-18/h1-5,7,12,14,16H,6,8H2,(H2,23,25)/t12-,14+,18+/m0/s1. The van der Waals surface area contributed by atoms with Crippen molar-refractivity contribution in [1.82, 2.24) is 4.98 Å². The first-order valence-electron chi connectivity index (χ1n) is 8.57. The van der Waals surface area contributed by atoms with E-state index in [9.17, 15) is 21.6 Å². The summed E-state index contributed by atoms with van der Waals surface area (Å²) in [6.45, 7) is 0. The molecule has 2 N–H and O–H groups in total. The maximum absolute atomic E-state index is 14.6. The van der Waals surface area contributed by atoms with E-state index in [0.29, 0.717) is 0 Å². The van der Waals surface area contributed by atoms with Crippen LogP contribution in [0.4, 0.5) is 13.2 Å². The largest absolute Gasteiger partial charge is 0.462 e. The summed E-state index contributed by atoms with van der Waals surface area (Å²) < 4.78 is 73.3. The van der Waals surface area contributed by atoms with Crippen LogP contribution < -0.4 is 5.73 Å². The van der Waals surface area contributed by atoms with Crippen molar-refractivity contribution in [2.75, 3.05) is 0 Å². The number of hydrogen-bond donors (Lipinski definition) is 1. The molecule has 2 aromatic rings. The van der Waals surface area contributed by atoms with Gasteiger partial charge in [-0.3, -0.25) is 0 Å². The van der Waals surface area contributed by atoms with Crippen LogP contribution in [0.3, 0.4) is 0 Å². The normalized spacial score (nSPS) is 25.9. The second-order valence-electron chi connectivity index (χ2n) is 6.96. The monoisotopic (exact) mass is 445 g/mol. The molecular formula is C18H15ClF3N3O3S. The fraction of sp³-hybridized carbons (Fsp3) is 0.333. The van der Waals surface area contributed by atoms with Gasteiger partial charge >= 0.3 is 0 Å². The second kappa shape index (κ2) is 6.88. The summed E-state index contributed by atoms with van der Waals surface area (Å²) in [6.07, 6.45) is -2.18. The highest BCUT2D eigenvalue weighted by Crippen LogP contribution is 2.56. The number of hydrogen-bond acceptors (Lipinski definition) is 6. The predicted octanol–water partition coefficient (Wildman–Crippen LogP) is 3.04. The van der Waals surface area contributed by atoms with E-state index >= 15 is 0 Å². The van der Waals surface area contributed by atoms with Crippen molar-refractivity contribution in [2.24, 2.45) is 16.6 Å². The van der Waals surface area contributed by atoms with E-state index in [1.165, 1.54) is 24.4 Å². The van der Waals surface area contributed by atoms with E-state index in [-0.39, 0.29) is 22.0 Å². The van der Waals surface area contributed by atoms with Crippen LogP contribution in [-0.4, -0.2) is 32.0 Å². The van der Waals surface area contributed by atoms with Crippen LogP contribution in [0.1, 0.15) is 17.5 Å². The Kier molecular flexibility index (Phi) is 4.73. The van der Waals surface area contributed by atoms with Gasteiger partial charge < -0.3 is 10.5 Å². The Balaban J connectivity index is 1.75. The van der Waals surface area contributed by atoms with Gasteiger partial charge in [0.1, 0.15) is 11.9 Å². The Bertz CT molecular complexity index is 1100. The van der Waals surface area contributed by atoms with E-state index in [1.54, 1.807) is 0 Å². The third-order valence-electron chi connectivity index (χ3n) is 5.04. The Morgan fingerprint density at radius 1 is 1.31 bits per heavy atom. The molecule has 0 unspecified atom stereocenters. The summed E-state index contributed by atoms with van der Waals surface area (Å²) in [4.78, 5) is 7.56. The molecule has 29 heavy (non-hydrogen) atoms. The van der Waals surface area contributed by atoms with E-state index in [4.69, 9.17) is 22.1 Å². The highest BCUT2D eigenvalue weighted by atomic mass is 35.5. The minimum Gasteiger partial charge on any atom is -0.462 e. The maximum Gasteiger partial charge on any atom is 0.283 e. The number of pyridine rings is 1. The first-order valence-corrected chi connectivity index (χ1v) is 10.6. The van der Waals surface area contributed by atoms with Crippen molar-refractivity contribution in [3.8, 4) is 0 Å². The molecule has 0 spiro atoms. The Morgan fingerprint density at radius 3 is 2.72 bits per heavy atom. The first kappa shape index (κ1) is 20.0. The minimum atomic E-state index is -3.91. The van der Waals surface area contributed by atoms with Crippen LogP contribution in [0.15, 0.2) is 46.5 Å². The van der Waals surface area contributed by atoms with Crippen LogP contribution >= 0.6 is 11.6 Å². The number of nitrogens with two attached hydrogens (primary N) is 1. The Morgan fingerprint density at radius 2 is 2.07 bits per heavy atom. The number of rotatable bonds is 5. The second-order valence-corrected chi connectivity index (χ2v) is 9.34.